The second-order valence-electron chi connectivity index (χ2n) is 3.68. The van der Waals surface area contributed by atoms with Gasteiger partial charge in [0, 0.05) is 6.21 Å². The van der Waals surface area contributed by atoms with Crippen LogP contribution in [-0.2, 0) is 4.79 Å². The Hall–Kier alpha value is -1.44. The maximum atomic E-state index is 11.5. The summed E-state index contributed by atoms with van der Waals surface area (Å²) in [6.07, 6.45) is 1.79. The largest absolute Gasteiger partial charge is 0.297 e. The van der Waals surface area contributed by atoms with Gasteiger partial charge in [-0.15, -0.1) is 0 Å². The number of carbonyl (C=O) groups excluding carboxylic acids is 1. The summed E-state index contributed by atoms with van der Waals surface area (Å²) in [5.74, 6) is 0.466. The second-order valence-corrected chi connectivity index (χ2v) is 3.68. The van der Waals surface area contributed by atoms with E-state index in [0.717, 1.165) is 0 Å². The van der Waals surface area contributed by atoms with E-state index in [-0.39, 0.29) is 17.6 Å². The van der Waals surface area contributed by atoms with Crippen LogP contribution in [0.5, 0.6) is 0 Å². The minimum absolute atomic E-state index is 0.0163. The summed E-state index contributed by atoms with van der Waals surface area (Å²) < 4.78 is 0. The Bertz CT molecular complexity index is 356. The monoisotopic (exact) mass is 187 g/mol. The van der Waals surface area contributed by atoms with Crippen molar-refractivity contribution in [3.8, 4) is 0 Å². The molecule has 2 atom stereocenters. The molecule has 1 aliphatic heterocycles. The molecule has 0 bridgehead atoms. The molecule has 2 rings (SSSR count). The van der Waals surface area contributed by atoms with Gasteiger partial charge in [0.05, 0.1) is 12.5 Å². The van der Waals surface area contributed by atoms with Gasteiger partial charge >= 0.3 is 0 Å². The van der Waals surface area contributed by atoms with Gasteiger partial charge in [-0.2, -0.15) is 0 Å². The van der Waals surface area contributed by atoms with Crippen molar-refractivity contribution in [2.75, 3.05) is 6.54 Å². The van der Waals surface area contributed by atoms with Crippen LogP contribution in [0.2, 0.25) is 0 Å². The van der Waals surface area contributed by atoms with Gasteiger partial charge in [0.15, 0.2) is 5.78 Å². The smallest absolute Gasteiger partial charge is 0.163 e. The number of hydrogen-bond acceptors (Lipinski definition) is 2. The molecule has 0 amide bonds. The van der Waals surface area contributed by atoms with Crippen molar-refractivity contribution < 1.29 is 4.79 Å². The first-order chi connectivity index (χ1) is 6.79. The van der Waals surface area contributed by atoms with Crippen molar-refractivity contribution in [3.63, 3.8) is 0 Å². The molecule has 0 radical (unpaired) electrons. The van der Waals surface area contributed by atoms with Gasteiger partial charge < -0.3 is 0 Å². The van der Waals surface area contributed by atoms with Gasteiger partial charge in [-0.1, -0.05) is 37.3 Å². The maximum Gasteiger partial charge on any atom is 0.163 e. The lowest BCUT2D eigenvalue weighted by Gasteiger charge is -2.15. The van der Waals surface area contributed by atoms with Gasteiger partial charge in [-0.05, 0) is 11.5 Å². The normalized spacial score (nSPS) is 22.6. The van der Waals surface area contributed by atoms with Gasteiger partial charge in [0.2, 0.25) is 0 Å². The summed E-state index contributed by atoms with van der Waals surface area (Å²) in [7, 11) is 0. The molecule has 0 aromatic heterocycles. The molecule has 2 heteroatoms. The average molecular weight is 187 g/mol. The molecule has 2 nitrogen and oxygen atoms in total. The third-order valence-electron chi connectivity index (χ3n) is 2.75. The predicted octanol–water partition coefficient (Wildman–Crippen LogP) is 2.06. The minimum Gasteiger partial charge on any atom is -0.297 e. The third kappa shape index (κ3) is 1.60. The lowest BCUT2D eigenvalue weighted by atomic mass is 9.87. The van der Waals surface area contributed by atoms with E-state index in [1.54, 1.807) is 6.21 Å². The van der Waals surface area contributed by atoms with E-state index in [1.165, 1.54) is 5.56 Å². The summed E-state index contributed by atoms with van der Waals surface area (Å²) in [4.78, 5) is 15.5. The van der Waals surface area contributed by atoms with Crippen molar-refractivity contribution in [2.45, 2.75) is 12.8 Å². The van der Waals surface area contributed by atoms with Crippen LogP contribution in [-0.4, -0.2) is 18.5 Å². The molecule has 1 aromatic carbocycles. The maximum absolute atomic E-state index is 11.5. The quantitative estimate of drug-likeness (QED) is 0.696. The van der Waals surface area contributed by atoms with Gasteiger partial charge in [-0.25, -0.2) is 0 Å². The Morgan fingerprint density at radius 2 is 2.07 bits per heavy atom. The summed E-state index contributed by atoms with van der Waals surface area (Å²) >= 11 is 0. The lowest BCUT2D eigenvalue weighted by molar-refractivity contribution is -0.119. The van der Waals surface area contributed by atoms with Crippen molar-refractivity contribution in [2.24, 2.45) is 10.9 Å². The standard InChI is InChI=1S/C12H13NO/c1-9(10-5-3-2-4-6-10)11-7-13-8-12(11)14/h2-7,9,11H,8H2,1H3/t9-,11-/m1/s1. The van der Waals surface area contributed by atoms with E-state index in [9.17, 15) is 4.79 Å². The molecule has 0 N–H and O–H groups in total. The highest BCUT2D eigenvalue weighted by Gasteiger charge is 2.27. The number of aliphatic imine (C=N–C) groups is 1. The third-order valence-corrected chi connectivity index (χ3v) is 2.75. The zero-order valence-corrected chi connectivity index (χ0v) is 8.18. The van der Waals surface area contributed by atoms with Crippen LogP contribution in [0.15, 0.2) is 35.3 Å². The van der Waals surface area contributed by atoms with Crippen LogP contribution < -0.4 is 0 Å². The summed E-state index contributed by atoms with van der Waals surface area (Å²) in [5.41, 5.74) is 1.21. The average Bonchev–Trinajstić information content (AvgIpc) is 2.65. The Labute approximate surface area is 83.7 Å². The van der Waals surface area contributed by atoms with E-state index in [2.05, 4.69) is 24.0 Å². The van der Waals surface area contributed by atoms with Crippen LogP contribution in [0.3, 0.4) is 0 Å². The Morgan fingerprint density at radius 3 is 2.64 bits per heavy atom. The molecular formula is C12H13NO. The van der Waals surface area contributed by atoms with E-state index >= 15 is 0 Å². The van der Waals surface area contributed by atoms with E-state index in [0.29, 0.717) is 6.54 Å². The van der Waals surface area contributed by atoms with Gasteiger partial charge in [0.1, 0.15) is 0 Å². The topological polar surface area (TPSA) is 29.4 Å². The van der Waals surface area contributed by atoms with Crippen LogP contribution in [0, 0.1) is 5.92 Å². The molecule has 1 aromatic rings. The summed E-state index contributed by atoms with van der Waals surface area (Å²) in [5, 5.41) is 0. The number of Topliss-reactive ketones (excluding diaryl/α,β-unsaturated/α-hetero) is 1. The lowest BCUT2D eigenvalue weighted by Crippen LogP contribution is -2.18. The molecular weight excluding hydrogens is 174 g/mol. The van der Waals surface area contributed by atoms with E-state index < -0.39 is 0 Å². The Balaban J connectivity index is 2.20. The van der Waals surface area contributed by atoms with Crippen molar-refractivity contribution >= 4 is 12.0 Å². The zero-order valence-electron chi connectivity index (χ0n) is 8.18. The SMILES string of the molecule is C[C@H](c1ccccc1)[C@H]1C=NCC1=O. The summed E-state index contributed by atoms with van der Waals surface area (Å²) in [6, 6.07) is 10.1. The van der Waals surface area contributed by atoms with E-state index in [1.807, 2.05) is 18.2 Å². The molecule has 0 fully saturated rings. The van der Waals surface area contributed by atoms with Crippen LogP contribution in [0.25, 0.3) is 0 Å². The minimum atomic E-state index is -0.0163. The highest BCUT2D eigenvalue weighted by molar-refractivity contribution is 6.01. The molecule has 14 heavy (non-hydrogen) atoms. The zero-order chi connectivity index (χ0) is 9.97. The molecule has 1 aliphatic rings. The fourth-order valence-corrected chi connectivity index (χ4v) is 1.82. The molecule has 1 heterocycles. The fraction of sp³-hybridized carbons (Fsp3) is 0.333. The van der Waals surface area contributed by atoms with Crippen LogP contribution in [0.1, 0.15) is 18.4 Å². The molecule has 72 valence electrons. The van der Waals surface area contributed by atoms with Crippen molar-refractivity contribution in [3.05, 3.63) is 35.9 Å². The highest BCUT2D eigenvalue weighted by atomic mass is 16.1. The number of rotatable bonds is 2. The summed E-state index contributed by atoms with van der Waals surface area (Å²) in [6.45, 7) is 2.44. The second kappa shape index (κ2) is 3.74. The number of ketones is 1. The van der Waals surface area contributed by atoms with Crippen molar-refractivity contribution in [1.29, 1.82) is 0 Å². The Kier molecular flexibility index (Phi) is 2.44. The predicted molar refractivity (Wildman–Crippen MR) is 56.7 cm³/mol. The van der Waals surface area contributed by atoms with Crippen molar-refractivity contribution in [1.82, 2.24) is 0 Å². The van der Waals surface area contributed by atoms with Crippen LogP contribution in [0.4, 0.5) is 0 Å². The molecule has 0 spiro atoms. The first kappa shape index (κ1) is 9.13. The number of carbonyl (C=O) groups is 1. The fourth-order valence-electron chi connectivity index (χ4n) is 1.82. The molecule has 0 saturated carbocycles. The number of hydrogen-bond donors (Lipinski definition) is 0. The van der Waals surface area contributed by atoms with Gasteiger partial charge in [0.25, 0.3) is 0 Å². The first-order valence-electron chi connectivity index (χ1n) is 4.86. The number of benzene rings is 1. The molecule has 0 unspecified atom stereocenters. The van der Waals surface area contributed by atoms with Crippen LogP contribution >= 0.6 is 0 Å². The molecule has 0 aliphatic carbocycles. The van der Waals surface area contributed by atoms with Gasteiger partial charge in [-0.3, -0.25) is 9.79 Å². The van der Waals surface area contributed by atoms with E-state index in [4.69, 9.17) is 0 Å². The first-order valence-corrected chi connectivity index (χ1v) is 4.86. The number of nitrogens with zero attached hydrogens (tertiary/aromatic N) is 1. The Morgan fingerprint density at radius 1 is 1.36 bits per heavy atom. The molecule has 0 saturated heterocycles. The highest BCUT2D eigenvalue weighted by Crippen LogP contribution is 2.25.